The molecule has 1 aliphatic rings. The van der Waals surface area contributed by atoms with Crippen molar-refractivity contribution in [2.45, 2.75) is 51.5 Å². The molecule has 0 aliphatic carbocycles. The SMILES string of the molecule is Cc1ccc2[nH]c(=O)c(C(c3nnnn3CC3CCCO3)N(Cc3ccc(F)cc3)Cc3ccco3)cc2c1. The second-order valence-corrected chi connectivity index (χ2v) is 10.0. The van der Waals surface area contributed by atoms with Gasteiger partial charge in [0.2, 0.25) is 0 Å². The van der Waals surface area contributed by atoms with Crippen molar-refractivity contribution in [3.63, 3.8) is 0 Å². The van der Waals surface area contributed by atoms with E-state index in [1.54, 1.807) is 23.1 Å². The van der Waals surface area contributed by atoms with Crippen molar-refractivity contribution in [2.24, 2.45) is 0 Å². The molecule has 9 nitrogen and oxygen atoms in total. The number of nitrogens with one attached hydrogen (secondary N) is 1. The number of fused-ring (bicyclic) bond motifs is 1. The topological polar surface area (TPSA) is 102 Å². The van der Waals surface area contributed by atoms with Crippen molar-refractivity contribution < 1.29 is 13.5 Å². The maximum Gasteiger partial charge on any atom is 0.253 e. The van der Waals surface area contributed by atoms with Crippen molar-refractivity contribution in [2.75, 3.05) is 6.61 Å². The number of ether oxygens (including phenoxy) is 1. The summed E-state index contributed by atoms with van der Waals surface area (Å²) < 4.78 is 27.1. The molecule has 6 rings (SSSR count). The Morgan fingerprint density at radius 3 is 2.79 bits per heavy atom. The Balaban J connectivity index is 1.50. The first-order valence-electron chi connectivity index (χ1n) is 13.1. The van der Waals surface area contributed by atoms with Crippen LogP contribution in [0.5, 0.6) is 0 Å². The number of benzene rings is 2. The van der Waals surface area contributed by atoms with Crippen LogP contribution in [0.25, 0.3) is 10.9 Å². The van der Waals surface area contributed by atoms with E-state index >= 15 is 0 Å². The molecule has 1 saturated heterocycles. The van der Waals surface area contributed by atoms with Crippen LogP contribution in [0.3, 0.4) is 0 Å². The first-order chi connectivity index (χ1) is 19.0. The Labute approximate surface area is 224 Å². The minimum Gasteiger partial charge on any atom is -0.468 e. The standard InChI is InChI=1S/C29H29FN6O3/c1-19-6-11-26-21(14-19)15-25(29(37)31-26)27(28-32-33-34-36(28)18-24-5-3-13-39-24)35(17-23-4-2-12-38-23)16-20-7-9-22(30)10-8-20/h2,4,6-12,14-15,24,27H,3,5,13,16-18H2,1H3,(H,31,37). The fourth-order valence-electron chi connectivity index (χ4n) is 5.23. The van der Waals surface area contributed by atoms with Crippen LogP contribution in [-0.4, -0.2) is 42.8 Å². The third-order valence-corrected chi connectivity index (χ3v) is 7.13. The Bertz CT molecular complexity index is 1610. The summed E-state index contributed by atoms with van der Waals surface area (Å²) in [4.78, 5) is 18.8. The molecule has 2 aromatic carbocycles. The van der Waals surface area contributed by atoms with Gasteiger partial charge in [-0.3, -0.25) is 9.69 Å². The van der Waals surface area contributed by atoms with Gasteiger partial charge in [0.05, 0.1) is 25.5 Å². The van der Waals surface area contributed by atoms with Gasteiger partial charge in [0.1, 0.15) is 17.6 Å². The number of H-pyrrole nitrogens is 1. The van der Waals surface area contributed by atoms with Crippen molar-refractivity contribution in [3.8, 4) is 0 Å². The van der Waals surface area contributed by atoms with Crippen LogP contribution >= 0.6 is 0 Å². The molecular weight excluding hydrogens is 499 g/mol. The maximum absolute atomic E-state index is 13.7. The van der Waals surface area contributed by atoms with Crippen LogP contribution in [0, 0.1) is 12.7 Å². The molecule has 0 bridgehead atoms. The molecule has 1 N–H and O–H groups in total. The van der Waals surface area contributed by atoms with Gasteiger partial charge in [-0.2, -0.15) is 0 Å². The summed E-state index contributed by atoms with van der Waals surface area (Å²) in [5.41, 5.74) is 2.98. The summed E-state index contributed by atoms with van der Waals surface area (Å²) in [5.74, 6) is 0.930. The van der Waals surface area contributed by atoms with Crippen molar-refractivity contribution in [3.05, 3.63) is 111 Å². The van der Waals surface area contributed by atoms with Crippen LogP contribution < -0.4 is 5.56 Å². The number of aromatic amines is 1. The molecule has 0 saturated carbocycles. The molecule has 10 heteroatoms. The lowest BCUT2D eigenvalue weighted by Crippen LogP contribution is -2.35. The highest BCUT2D eigenvalue weighted by Crippen LogP contribution is 2.31. The highest BCUT2D eigenvalue weighted by molar-refractivity contribution is 5.79. The quantitative estimate of drug-likeness (QED) is 0.300. The van der Waals surface area contributed by atoms with Gasteiger partial charge in [0, 0.05) is 24.2 Å². The molecule has 3 aromatic heterocycles. The average molecular weight is 529 g/mol. The van der Waals surface area contributed by atoms with E-state index in [-0.39, 0.29) is 17.5 Å². The van der Waals surface area contributed by atoms with E-state index in [1.165, 1.54) is 12.1 Å². The van der Waals surface area contributed by atoms with E-state index in [0.717, 1.165) is 34.9 Å². The molecule has 5 aromatic rings. The number of aryl methyl sites for hydroxylation is 1. The molecule has 0 amide bonds. The molecular formula is C29H29FN6O3. The van der Waals surface area contributed by atoms with E-state index in [2.05, 4.69) is 25.4 Å². The van der Waals surface area contributed by atoms with Crippen molar-refractivity contribution in [1.29, 1.82) is 0 Å². The van der Waals surface area contributed by atoms with Gasteiger partial charge in [0.15, 0.2) is 5.82 Å². The maximum atomic E-state index is 13.7. The van der Waals surface area contributed by atoms with Gasteiger partial charge in [0.25, 0.3) is 5.56 Å². The Morgan fingerprint density at radius 1 is 1.15 bits per heavy atom. The lowest BCUT2D eigenvalue weighted by atomic mass is 10.0. The zero-order valence-electron chi connectivity index (χ0n) is 21.6. The molecule has 4 heterocycles. The van der Waals surface area contributed by atoms with Crippen LogP contribution in [0.15, 0.2) is 76.1 Å². The second kappa shape index (κ2) is 10.9. The van der Waals surface area contributed by atoms with E-state index in [4.69, 9.17) is 9.15 Å². The van der Waals surface area contributed by atoms with Gasteiger partial charge in [-0.1, -0.05) is 23.8 Å². The summed E-state index contributed by atoms with van der Waals surface area (Å²) in [7, 11) is 0. The summed E-state index contributed by atoms with van der Waals surface area (Å²) >= 11 is 0. The monoisotopic (exact) mass is 528 g/mol. The summed E-state index contributed by atoms with van der Waals surface area (Å²) in [6.45, 7) is 3.97. The van der Waals surface area contributed by atoms with Crippen LogP contribution in [-0.2, 0) is 24.4 Å². The fraction of sp³-hybridized carbons (Fsp3) is 0.310. The van der Waals surface area contributed by atoms with E-state index < -0.39 is 6.04 Å². The number of aromatic nitrogens is 5. The predicted molar refractivity (Wildman–Crippen MR) is 142 cm³/mol. The minimum atomic E-state index is -0.634. The zero-order valence-corrected chi connectivity index (χ0v) is 21.6. The first kappa shape index (κ1) is 25.1. The number of tetrazole rings is 1. The number of nitrogens with zero attached hydrogens (tertiary/aromatic N) is 5. The van der Waals surface area contributed by atoms with Crippen LogP contribution in [0.2, 0.25) is 0 Å². The Hall–Kier alpha value is -4.15. The van der Waals surface area contributed by atoms with Crippen LogP contribution in [0.1, 0.15) is 47.2 Å². The highest BCUT2D eigenvalue weighted by Gasteiger charge is 2.32. The van der Waals surface area contributed by atoms with Gasteiger partial charge in [-0.25, -0.2) is 9.07 Å². The first-order valence-corrected chi connectivity index (χ1v) is 13.1. The average Bonchev–Trinajstić information content (AvgIpc) is 3.71. The summed E-state index contributed by atoms with van der Waals surface area (Å²) in [6.07, 6.45) is 3.53. The molecule has 200 valence electrons. The fourth-order valence-corrected chi connectivity index (χ4v) is 5.23. The molecule has 0 spiro atoms. The largest absolute Gasteiger partial charge is 0.468 e. The van der Waals surface area contributed by atoms with Gasteiger partial charge < -0.3 is 14.1 Å². The third kappa shape index (κ3) is 5.52. The number of hydrogen-bond donors (Lipinski definition) is 1. The number of furan rings is 1. The molecule has 0 radical (unpaired) electrons. The van der Waals surface area contributed by atoms with Crippen molar-refractivity contribution >= 4 is 10.9 Å². The van der Waals surface area contributed by atoms with Crippen LogP contribution in [0.4, 0.5) is 4.39 Å². The number of hydrogen-bond acceptors (Lipinski definition) is 7. The lowest BCUT2D eigenvalue weighted by Gasteiger charge is -2.30. The molecule has 2 atom stereocenters. The smallest absolute Gasteiger partial charge is 0.253 e. The van der Waals surface area contributed by atoms with E-state index in [9.17, 15) is 9.18 Å². The molecule has 1 fully saturated rings. The predicted octanol–water partition coefficient (Wildman–Crippen LogP) is 4.53. The second-order valence-electron chi connectivity index (χ2n) is 10.0. The van der Waals surface area contributed by atoms with Gasteiger partial charge >= 0.3 is 0 Å². The van der Waals surface area contributed by atoms with Gasteiger partial charge in [-0.05, 0) is 83.6 Å². The zero-order chi connectivity index (χ0) is 26.8. The number of rotatable bonds is 9. The minimum absolute atomic E-state index is 0.000981. The normalized spacial score (nSPS) is 16.3. The van der Waals surface area contributed by atoms with Gasteiger partial charge in [-0.15, -0.1) is 5.10 Å². The van der Waals surface area contributed by atoms with Crippen molar-refractivity contribution in [1.82, 2.24) is 30.1 Å². The third-order valence-electron chi connectivity index (χ3n) is 7.13. The molecule has 1 aliphatic heterocycles. The molecule has 2 unspecified atom stereocenters. The Kier molecular flexibility index (Phi) is 7.04. The highest BCUT2D eigenvalue weighted by atomic mass is 19.1. The Morgan fingerprint density at radius 2 is 2.03 bits per heavy atom. The lowest BCUT2D eigenvalue weighted by molar-refractivity contribution is 0.0901. The molecule has 39 heavy (non-hydrogen) atoms. The van der Waals surface area contributed by atoms with E-state index in [1.807, 2.05) is 43.3 Å². The van der Waals surface area contributed by atoms with E-state index in [0.29, 0.717) is 43.4 Å². The number of halogens is 1. The summed E-state index contributed by atoms with van der Waals surface area (Å²) in [5, 5.41) is 13.7. The number of pyridine rings is 1. The summed E-state index contributed by atoms with van der Waals surface area (Å²) in [6, 6.07) is 17.3.